The van der Waals surface area contributed by atoms with Crippen LogP contribution in [0.3, 0.4) is 0 Å². The number of rotatable bonds is 8. The number of aromatic amines is 1. The third kappa shape index (κ3) is 4.78. The number of aryl methyl sites for hydroxylation is 1. The van der Waals surface area contributed by atoms with Crippen molar-refractivity contribution in [3.8, 4) is 11.3 Å². The molecule has 1 aromatic heterocycles. The zero-order chi connectivity index (χ0) is 20.1. The highest BCUT2D eigenvalue weighted by molar-refractivity contribution is 7.91. The summed E-state index contributed by atoms with van der Waals surface area (Å²) < 4.78 is 36.8. The zero-order valence-electron chi connectivity index (χ0n) is 15.7. The molecule has 0 unspecified atom stereocenters. The molecule has 7 heteroatoms. The number of sulfone groups is 1. The Hall–Kier alpha value is -2.67. The fourth-order valence-corrected chi connectivity index (χ4v) is 3.85. The van der Waals surface area contributed by atoms with Crippen LogP contribution in [0.15, 0.2) is 48.5 Å². The standard InChI is InChI=1S/C21H23FN2O3S/c1-2-28(26,27)13-12-23-20(25)11-9-17-18-14-16(22)8-10-19(18)24-21(17)15-6-4-3-5-7-15/h3-8,10,14,24H,2,9,11-13H2,1H3,(H,23,25). The van der Waals surface area contributed by atoms with Crippen molar-refractivity contribution in [1.82, 2.24) is 10.3 Å². The maximum Gasteiger partial charge on any atom is 0.220 e. The molecule has 3 rings (SSSR count). The average molecular weight is 402 g/mol. The molecule has 28 heavy (non-hydrogen) atoms. The lowest BCUT2D eigenvalue weighted by molar-refractivity contribution is -0.120. The van der Waals surface area contributed by atoms with Crippen LogP contribution in [0.1, 0.15) is 18.9 Å². The second-order valence-electron chi connectivity index (χ2n) is 6.62. The minimum atomic E-state index is -3.11. The first-order chi connectivity index (χ1) is 13.4. The first-order valence-corrected chi connectivity index (χ1v) is 11.0. The largest absolute Gasteiger partial charge is 0.355 e. The molecule has 3 aromatic rings. The molecule has 0 bridgehead atoms. The van der Waals surface area contributed by atoms with Crippen LogP contribution < -0.4 is 5.32 Å². The number of aromatic nitrogens is 1. The molecular formula is C21H23FN2O3S. The van der Waals surface area contributed by atoms with E-state index in [4.69, 9.17) is 0 Å². The average Bonchev–Trinajstić information content (AvgIpc) is 3.04. The molecule has 0 aliphatic heterocycles. The predicted molar refractivity (Wildman–Crippen MR) is 109 cm³/mol. The number of carbonyl (C=O) groups is 1. The highest BCUT2D eigenvalue weighted by atomic mass is 32.2. The number of H-pyrrole nitrogens is 1. The van der Waals surface area contributed by atoms with Crippen LogP contribution in [0.5, 0.6) is 0 Å². The molecular weight excluding hydrogens is 379 g/mol. The number of benzene rings is 2. The Kier molecular flexibility index (Phi) is 6.14. The predicted octanol–water partition coefficient (Wildman–Crippen LogP) is 3.46. The highest BCUT2D eigenvalue weighted by Gasteiger charge is 2.15. The number of fused-ring (bicyclic) bond motifs is 1. The smallest absolute Gasteiger partial charge is 0.220 e. The molecule has 0 aliphatic carbocycles. The van der Waals surface area contributed by atoms with Crippen LogP contribution in [0.4, 0.5) is 4.39 Å². The number of halogens is 1. The Labute approximate surface area is 163 Å². The molecule has 2 aromatic carbocycles. The normalized spacial score (nSPS) is 11.6. The molecule has 1 heterocycles. The Morgan fingerprint density at radius 2 is 1.89 bits per heavy atom. The van der Waals surface area contributed by atoms with Gasteiger partial charge < -0.3 is 10.3 Å². The monoisotopic (exact) mass is 402 g/mol. The zero-order valence-corrected chi connectivity index (χ0v) is 16.5. The summed E-state index contributed by atoms with van der Waals surface area (Å²) in [5, 5.41) is 3.40. The van der Waals surface area contributed by atoms with Gasteiger partial charge in [-0.05, 0) is 35.7 Å². The first kappa shape index (κ1) is 20.1. The van der Waals surface area contributed by atoms with E-state index in [9.17, 15) is 17.6 Å². The molecule has 0 aliphatic rings. The Morgan fingerprint density at radius 3 is 2.61 bits per heavy atom. The second-order valence-corrected chi connectivity index (χ2v) is 9.09. The quantitative estimate of drug-likeness (QED) is 0.606. The van der Waals surface area contributed by atoms with Gasteiger partial charge in [-0.3, -0.25) is 4.79 Å². The van der Waals surface area contributed by atoms with Crippen molar-refractivity contribution in [2.75, 3.05) is 18.1 Å². The van der Waals surface area contributed by atoms with Gasteiger partial charge in [-0.15, -0.1) is 0 Å². The highest BCUT2D eigenvalue weighted by Crippen LogP contribution is 2.31. The summed E-state index contributed by atoms with van der Waals surface area (Å²) in [6.45, 7) is 1.68. The van der Waals surface area contributed by atoms with Crippen LogP contribution in [0, 0.1) is 5.82 Å². The van der Waals surface area contributed by atoms with E-state index >= 15 is 0 Å². The van der Waals surface area contributed by atoms with E-state index in [0.29, 0.717) is 6.42 Å². The third-order valence-corrected chi connectivity index (χ3v) is 6.41. The van der Waals surface area contributed by atoms with Crippen LogP contribution in [0.2, 0.25) is 0 Å². The summed E-state index contributed by atoms with van der Waals surface area (Å²) in [6, 6.07) is 14.2. The summed E-state index contributed by atoms with van der Waals surface area (Å²) in [5.41, 5.74) is 3.51. The summed E-state index contributed by atoms with van der Waals surface area (Å²) in [7, 11) is -3.11. The summed E-state index contributed by atoms with van der Waals surface area (Å²) in [4.78, 5) is 15.5. The summed E-state index contributed by atoms with van der Waals surface area (Å²) in [5.74, 6) is -0.565. The second kappa shape index (κ2) is 8.56. The number of nitrogens with one attached hydrogen (secondary N) is 2. The van der Waals surface area contributed by atoms with Crippen molar-refractivity contribution >= 4 is 26.6 Å². The van der Waals surface area contributed by atoms with E-state index in [0.717, 1.165) is 27.7 Å². The molecule has 148 valence electrons. The fraction of sp³-hybridized carbons (Fsp3) is 0.286. The molecule has 1 amide bonds. The van der Waals surface area contributed by atoms with E-state index in [-0.39, 0.29) is 36.2 Å². The third-order valence-electron chi connectivity index (χ3n) is 4.71. The van der Waals surface area contributed by atoms with E-state index in [2.05, 4.69) is 10.3 Å². The van der Waals surface area contributed by atoms with E-state index in [1.54, 1.807) is 13.0 Å². The Bertz CT molecular complexity index is 1080. The lowest BCUT2D eigenvalue weighted by Crippen LogP contribution is -2.29. The fourth-order valence-electron chi connectivity index (χ4n) is 3.15. The summed E-state index contributed by atoms with van der Waals surface area (Å²) >= 11 is 0. The van der Waals surface area contributed by atoms with Gasteiger partial charge in [0.15, 0.2) is 9.84 Å². The van der Waals surface area contributed by atoms with Gasteiger partial charge >= 0.3 is 0 Å². The molecule has 5 nitrogen and oxygen atoms in total. The first-order valence-electron chi connectivity index (χ1n) is 9.22. The number of carbonyl (C=O) groups excluding carboxylic acids is 1. The maximum atomic E-state index is 13.8. The van der Waals surface area contributed by atoms with Gasteiger partial charge in [-0.2, -0.15) is 0 Å². The van der Waals surface area contributed by atoms with E-state index in [1.807, 2.05) is 30.3 Å². The Balaban J connectivity index is 1.78. The van der Waals surface area contributed by atoms with Gasteiger partial charge in [0.25, 0.3) is 0 Å². The molecule has 0 atom stereocenters. The van der Waals surface area contributed by atoms with Gasteiger partial charge in [0.1, 0.15) is 5.82 Å². The Morgan fingerprint density at radius 1 is 1.14 bits per heavy atom. The van der Waals surface area contributed by atoms with Crippen molar-refractivity contribution in [2.24, 2.45) is 0 Å². The number of hydrogen-bond donors (Lipinski definition) is 2. The van der Waals surface area contributed by atoms with Crippen LogP contribution in [0.25, 0.3) is 22.2 Å². The van der Waals surface area contributed by atoms with Crippen molar-refractivity contribution in [3.63, 3.8) is 0 Å². The van der Waals surface area contributed by atoms with Crippen LogP contribution in [-0.2, 0) is 21.1 Å². The minimum Gasteiger partial charge on any atom is -0.355 e. The van der Waals surface area contributed by atoms with Gasteiger partial charge in [0.2, 0.25) is 5.91 Å². The lowest BCUT2D eigenvalue weighted by atomic mass is 10.0. The molecule has 0 radical (unpaired) electrons. The van der Waals surface area contributed by atoms with Crippen LogP contribution in [-0.4, -0.2) is 37.4 Å². The van der Waals surface area contributed by atoms with Gasteiger partial charge in [-0.1, -0.05) is 37.3 Å². The van der Waals surface area contributed by atoms with Crippen LogP contribution >= 0.6 is 0 Å². The SMILES string of the molecule is CCS(=O)(=O)CCNC(=O)CCc1c(-c2ccccc2)[nH]c2ccc(F)cc12. The van der Waals surface area contributed by atoms with Crippen molar-refractivity contribution in [1.29, 1.82) is 0 Å². The van der Waals surface area contributed by atoms with Crippen molar-refractivity contribution < 1.29 is 17.6 Å². The molecule has 0 saturated heterocycles. The minimum absolute atomic E-state index is 0.0597. The molecule has 0 spiro atoms. The molecule has 0 saturated carbocycles. The van der Waals surface area contributed by atoms with E-state index in [1.165, 1.54) is 12.1 Å². The van der Waals surface area contributed by atoms with Gasteiger partial charge in [-0.25, -0.2) is 12.8 Å². The molecule has 0 fully saturated rings. The van der Waals surface area contributed by atoms with Crippen molar-refractivity contribution in [2.45, 2.75) is 19.8 Å². The van der Waals surface area contributed by atoms with E-state index < -0.39 is 9.84 Å². The number of hydrogen-bond acceptors (Lipinski definition) is 3. The lowest BCUT2D eigenvalue weighted by Gasteiger charge is -2.07. The topological polar surface area (TPSA) is 79.0 Å². The maximum absolute atomic E-state index is 13.8. The number of amides is 1. The van der Waals surface area contributed by atoms with Gasteiger partial charge in [0.05, 0.1) is 5.75 Å². The van der Waals surface area contributed by atoms with Gasteiger partial charge in [0, 0.05) is 35.3 Å². The summed E-state index contributed by atoms with van der Waals surface area (Å²) in [6.07, 6.45) is 0.607. The van der Waals surface area contributed by atoms with Crippen molar-refractivity contribution in [3.05, 3.63) is 59.9 Å². The molecule has 2 N–H and O–H groups in total.